The molecule has 90 valence electrons. The molecule has 0 atom stereocenters. The fraction of sp³-hybridized carbons (Fsp3) is 0. The molecule has 0 aliphatic rings. The molecule has 0 saturated carbocycles. The van der Waals surface area contributed by atoms with Gasteiger partial charge in [0.15, 0.2) is 0 Å². The van der Waals surface area contributed by atoms with Crippen molar-refractivity contribution in [2.24, 2.45) is 0 Å². The lowest BCUT2D eigenvalue weighted by molar-refractivity contribution is 0.102. The van der Waals surface area contributed by atoms with Crippen LogP contribution < -0.4 is 5.32 Å². The maximum atomic E-state index is 11.9. The van der Waals surface area contributed by atoms with Crippen molar-refractivity contribution in [3.05, 3.63) is 58.3 Å². The summed E-state index contributed by atoms with van der Waals surface area (Å²) in [6.45, 7) is 0. The number of hydrogen-bond acceptors (Lipinski definition) is 3. The van der Waals surface area contributed by atoms with Crippen LogP contribution in [0.25, 0.3) is 0 Å². The van der Waals surface area contributed by atoms with Crippen LogP contribution in [-0.2, 0) is 0 Å². The minimum atomic E-state index is -0.320. The molecule has 1 aromatic carbocycles. The predicted molar refractivity (Wildman–Crippen MR) is 71.7 cm³/mol. The quantitative estimate of drug-likeness (QED) is 0.887. The van der Waals surface area contributed by atoms with Gasteiger partial charge in [-0.25, -0.2) is 0 Å². The summed E-state index contributed by atoms with van der Waals surface area (Å²) >= 11 is 3.27. The second-order valence-corrected chi connectivity index (χ2v) is 4.47. The number of nitrogens with zero attached hydrogens (tertiary/aromatic N) is 1. The number of benzene rings is 1. The highest BCUT2D eigenvalue weighted by Crippen LogP contribution is 2.13. The molecule has 4 nitrogen and oxygen atoms in total. The summed E-state index contributed by atoms with van der Waals surface area (Å²) in [6, 6.07) is 10.0. The summed E-state index contributed by atoms with van der Waals surface area (Å²) in [4.78, 5) is 26.5. The number of carbonyl (C=O) groups is 2. The molecular formula is C13H9BrN2O2. The van der Waals surface area contributed by atoms with E-state index in [2.05, 4.69) is 26.2 Å². The Hall–Kier alpha value is -2.01. The van der Waals surface area contributed by atoms with Gasteiger partial charge in [0, 0.05) is 21.9 Å². The smallest absolute Gasteiger partial charge is 0.274 e. The van der Waals surface area contributed by atoms with E-state index >= 15 is 0 Å². The van der Waals surface area contributed by atoms with Gasteiger partial charge in [0.1, 0.15) is 12.0 Å². The van der Waals surface area contributed by atoms with E-state index in [0.717, 1.165) is 10.8 Å². The number of nitrogens with one attached hydrogen (secondary N) is 1. The van der Waals surface area contributed by atoms with E-state index in [4.69, 9.17) is 0 Å². The van der Waals surface area contributed by atoms with Crippen LogP contribution in [-0.4, -0.2) is 17.2 Å². The second kappa shape index (κ2) is 5.55. The van der Waals surface area contributed by atoms with Gasteiger partial charge in [-0.2, -0.15) is 0 Å². The minimum absolute atomic E-state index is 0.306. The number of halogens is 1. The Morgan fingerprint density at radius 2 is 2.11 bits per heavy atom. The molecule has 0 radical (unpaired) electrons. The number of amides is 1. The number of anilines is 1. The number of pyridine rings is 1. The van der Waals surface area contributed by atoms with Crippen LogP contribution in [0.3, 0.4) is 0 Å². The van der Waals surface area contributed by atoms with Crippen LogP contribution in [0.5, 0.6) is 0 Å². The van der Waals surface area contributed by atoms with Crippen LogP contribution in [0.4, 0.5) is 5.69 Å². The topological polar surface area (TPSA) is 59.1 Å². The Labute approximate surface area is 112 Å². The SMILES string of the molecule is O=Cc1cccc(NC(=O)c2cc(Br)ccn2)c1. The summed E-state index contributed by atoms with van der Waals surface area (Å²) in [5, 5.41) is 2.68. The molecule has 0 aliphatic carbocycles. The zero-order valence-electron chi connectivity index (χ0n) is 9.26. The van der Waals surface area contributed by atoms with Crippen molar-refractivity contribution >= 4 is 33.8 Å². The molecule has 18 heavy (non-hydrogen) atoms. The maximum absolute atomic E-state index is 11.9. The zero-order chi connectivity index (χ0) is 13.0. The molecular weight excluding hydrogens is 296 g/mol. The summed E-state index contributed by atoms with van der Waals surface area (Å²) < 4.78 is 0.782. The van der Waals surface area contributed by atoms with Gasteiger partial charge in [0.2, 0.25) is 0 Å². The van der Waals surface area contributed by atoms with Gasteiger partial charge >= 0.3 is 0 Å². The van der Waals surface area contributed by atoms with E-state index < -0.39 is 0 Å². The molecule has 0 fully saturated rings. The van der Waals surface area contributed by atoms with Crippen LogP contribution in [0.1, 0.15) is 20.8 Å². The van der Waals surface area contributed by atoms with Gasteiger partial charge in [-0.3, -0.25) is 14.6 Å². The molecule has 0 bridgehead atoms. The second-order valence-electron chi connectivity index (χ2n) is 3.56. The molecule has 5 heteroatoms. The van der Waals surface area contributed by atoms with Crippen molar-refractivity contribution in [2.45, 2.75) is 0 Å². The van der Waals surface area contributed by atoms with E-state index in [1.165, 1.54) is 0 Å². The Morgan fingerprint density at radius 1 is 1.28 bits per heavy atom. The van der Waals surface area contributed by atoms with Gasteiger partial charge < -0.3 is 5.32 Å². The first-order valence-corrected chi connectivity index (χ1v) is 5.96. The van der Waals surface area contributed by atoms with Crippen LogP contribution in [0.15, 0.2) is 47.1 Å². The number of aldehydes is 1. The Bertz CT molecular complexity index is 599. The van der Waals surface area contributed by atoms with Gasteiger partial charge in [-0.05, 0) is 24.3 Å². The average Bonchev–Trinajstić information content (AvgIpc) is 2.39. The molecule has 2 rings (SSSR count). The molecule has 1 N–H and O–H groups in total. The Kier molecular flexibility index (Phi) is 3.84. The number of aromatic nitrogens is 1. The predicted octanol–water partition coefficient (Wildman–Crippen LogP) is 2.91. The number of hydrogen-bond donors (Lipinski definition) is 1. The van der Waals surface area contributed by atoms with Gasteiger partial charge in [-0.15, -0.1) is 0 Å². The third-order valence-electron chi connectivity index (χ3n) is 2.24. The first kappa shape index (κ1) is 12.4. The number of carbonyl (C=O) groups excluding carboxylic acids is 2. The standard InChI is InChI=1S/C13H9BrN2O2/c14-10-4-5-15-12(7-10)13(18)16-11-3-1-2-9(6-11)8-17/h1-8H,(H,16,18). The summed E-state index contributed by atoms with van der Waals surface area (Å²) in [6.07, 6.45) is 2.27. The lowest BCUT2D eigenvalue weighted by Crippen LogP contribution is -2.13. The van der Waals surface area contributed by atoms with Gasteiger partial charge in [0.25, 0.3) is 5.91 Å². The maximum Gasteiger partial charge on any atom is 0.274 e. The lowest BCUT2D eigenvalue weighted by atomic mass is 10.2. The third kappa shape index (κ3) is 3.01. The van der Waals surface area contributed by atoms with Crippen molar-refractivity contribution in [1.82, 2.24) is 4.98 Å². The average molecular weight is 305 g/mol. The normalized spacial score (nSPS) is 9.83. The largest absolute Gasteiger partial charge is 0.321 e. The molecule has 2 aromatic rings. The van der Waals surface area contributed by atoms with E-state index in [1.54, 1.807) is 42.6 Å². The highest BCUT2D eigenvalue weighted by atomic mass is 79.9. The Morgan fingerprint density at radius 3 is 2.83 bits per heavy atom. The third-order valence-corrected chi connectivity index (χ3v) is 2.73. The first-order valence-electron chi connectivity index (χ1n) is 5.17. The molecule has 0 unspecified atom stereocenters. The zero-order valence-corrected chi connectivity index (χ0v) is 10.8. The van der Waals surface area contributed by atoms with Crippen LogP contribution >= 0.6 is 15.9 Å². The van der Waals surface area contributed by atoms with Gasteiger partial charge in [0.05, 0.1) is 0 Å². The summed E-state index contributed by atoms with van der Waals surface area (Å²) in [7, 11) is 0. The van der Waals surface area contributed by atoms with E-state index in [-0.39, 0.29) is 5.91 Å². The molecule has 1 aromatic heterocycles. The molecule has 1 amide bonds. The minimum Gasteiger partial charge on any atom is -0.321 e. The fourth-order valence-corrected chi connectivity index (χ4v) is 1.75. The summed E-state index contributed by atoms with van der Waals surface area (Å²) in [5.74, 6) is -0.320. The van der Waals surface area contributed by atoms with Crippen molar-refractivity contribution in [3.63, 3.8) is 0 Å². The van der Waals surface area contributed by atoms with E-state index in [9.17, 15) is 9.59 Å². The first-order chi connectivity index (χ1) is 8.69. The highest BCUT2D eigenvalue weighted by Gasteiger charge is 2.08. The number of rotatable bonds is 3. The lowest BCUT2D eigenvalue weighted by Gasteiger charge is -2.05. The van der Waals surface area contributed by atoms with Crippen molar-refractivity contribution in [2.75, 3.05) is 5.32 Å². The summed E-state index contributed by atoms with van der Waals surface area (Å²) in [5.41, 5.74) is 1.38. The van der Waals surface area contributed by atoms with Crippen molar-refractivity contribution < 1.29 is 9.59 Å². The molecule has 1 heterocycles. The van der Waals surface area contributed by atoms with Crippen molar-refractivity contribution in [1.29, 1.82) is 0 Å². The molecule has 0 saturated heterocycles. The van der Waals surface area contributed by atoms with E-state index in [0.29, 0.717) is 16.9 Å². The van der Waals surface area contributed by atoms with Crippen molar-refractivity contribution in [3.8, 4) is 0 Å². The Balaban J connectivity index is 2.18. The van der Waals surface area contributed by atoms with Crippen LogP contribution in [0.2, 0.25) is 0 Å². The fourth-order valence-electron chi connectivity index (χ4n) is 1.41. The van der Waals surface area contributed by atoms with Gasteiger partial charge in [-0.1, -0.05) is 28.1 Å². The molecule has 0 aliphatic heterocycles. The highest BCUT2D eigenvalue weighted by molar-refractivity contribution is 9.10. The van der Waals surface area contributed by atoms with E-state index in [1.807, 2.05) is 0 Å². The monoisotopic (exact) mass is 304 g/mol. The van der Waals surface area contributed by atoms with Crippen LogP contribution in [0, 0.1) is 0 Å². The molecule has 0 spiro atoms.